The molecule has 0 bridgehead atoms. The van der Waals surface area contributed by atoms with Crippen LogP contribution in [0.1, 0.15) is 82.2 Å². The van der Waals surface area contributed by atoms with Crippen molar-refractivity contribution in [3.05, 3.63) is 94.5 Å². The van der Waals surface area contributed by atoms with Gasteiger partial charge in [0, 0.05) is 11.3 Å². The first-order valence-electron chi connectivity index (χ1n) is 15.0. The van der Waals surface area contributed by atoms with Gasteiger partial charge >= 0.3 is 12.1 Å². The van der Waals surface area contributed by atoms with E-state index in [2.05, 4.69) is 39.0 Å². The third-order valence-electron chi connectivity index (χ3n) is 7.56. The lowest BCUT2D eigenvalue weighted by atomic mass is 9.83. The minimum atomic E-state index is -0.886. The van der Waals surface area contributed by atoms with Crippen molar-refractivity contribution in [2.75, 3.05) is 13.2 Å². The summed E-state index contributed by atoms with van der Waals surface area (Å²) in [6.07, 6.45) is -0.451. The van der Waals surface area contributed by atoms with E-state index in [-0.39, 0.29) is 11.9 Å². The molecule has 6 heteroatoms. The van der Waals surface area contributed by atoms with Gasteiger partial charge in [0.25, 0.3) is 0 Å². The Kier molecular flexibility index (Phi) is 9.50. The van der Waals surface area contributed by atoms with Crippen molar-refractivity contribution in [1.29, 1.82) is 0 Å². The van der Waals surface area contributed by atoms with Gasteiger partial charge in [-0.25, -0.2) is 9.36 Å². The highest BCUT2D eigenvalue weighted by Gasteiger charge is 2.34. The first-order chi connectivity index (χ1) is 20.2. The molecule has 0 fully saturated rings. The number of aryl methyl sites for hydroxylation is 2. The highest BCUT2D eigenvalue weighted by molar-refractivity contribution is 6.01. The monoisotopic (exact) mass is 583 g/mol. The highest BCUT2D eigenvalue weighted by Crippen LogP contribution is 2.41. The molecule has 43 heavy (non-hydrogen) atoms. The summed E-state index contributed by atoms with van der Waals surface area (Å²) in [6, 6.07) is 22.3. The molecule has 0 amide bonds. The van der Waals surface area contributed by atoms with Crippen LogP contribution in [-0.2, 0) is 31.0 Å². The lowest BCUT2D eigenvalue weighted by molar-refractivity contribution is -0.148. The molecule has 0 aliphatic carbocycles. The smallest absolute Gasteiger partial charge is 0.419 e. The van der Waals surface area contributed by atoms with Gasteiger partial charge in [0.05, 0.1) is 36.4 Å². The second kappa shape index (κ2) is 12.8. The molecule has 0 saturated carbocycles. The maximum absolute atomic E-state index is 14.0. The van der Waals surface area contributed by atoms with Gasteiger partial charge in [-0.3, -0.25) is 4.79 Å². The molecule has 1 aromatic heterocycles. The minimum absolute atomic E-state index is 0.0910. The van der Waals surface area contributed by atoms with Gasteiger partial charge in [0.1, 0.15) is 5.60 Å². The average molecular weight is 584 g/mol. The highest BCUT2D eigenvalue weighted by atomic mass is 16.6. The largest absolute Gasteiger partial charge is 0.465 e. The fourth-order valence-corrected chi connectivity index (χ4v) is 5.54. The zero-order valence-electron chi connectivity index (χ0n) is 27.0. The summed E-state index contributed by atoms with van der Waals surface area (Å²) in [6.45, 7) is 18.6. The Morgan fingerprint density at radius 2 is 1.53 bits per heavy atom. The number of rotatable bonds is 9. The zero-order valence-corrected chi connectivity index (χ0v) is 27.0. The first-order valence-corrected chi connectivity index (χ1v) is 15.0. The SMILES string of the molecule is CCOC(=O)C(C)(C)c1ccc2c(c1)c(C(C)COCc1ccccc1)c(-c1cc(C)cc(C)c1)n2C(=O)OC(C)(C)C. The average Bonchev–Trinajstić information content (AvgIpc) is 3.27. The molecular weight excluding hydrogens is 538 g/mol. The lowest BCUT2D eigenvalue weighted by Crippen LogP contribution is -2.31. The van der Waals surface area contributed by atoms with Gasteiger partial charge in [0.15, 0.2) is 0 Å². The van der Waals surface area contributed by atoms with Gasteiger partial charge in [-0.1, -0.05) is 60.5 Å². The van der Waals surface area contributed by atoms with E-state index in [0.29, 0.717) is 19.8 Å². The van der Waals surface area contributed by atoms with Crippen molar-refractivity contribution in [3.8, 4) is 11.3 Å². The number of benzene rings is 3. The normalized spacial score (nSPS) is 12.8. The third kappa shape index (κ3) is 7.19. The number of esters is 1. The standard InChI is InChI=1S/C37H45NO5/c1-10-42-34(39)37(8,9)29-16-17-31-30(21-29)32(26(4)22-41-23-27-14-12-11-13-15-27)33(28-19-24(2)18-25(3)20-28)38(31)35(40)43-36(5,6)7/h11-21,26H,10,22-23H2,1-9H3. The molecule has 4 aromatic rings. The number of hydrogen-bond acceptors (Lipinski definition) is 5. The van der Waals surface area contributed by atoms with Crippen molar-refractivity contribution in [1.82, 2.24) is 4.57 Å². The van der Waals surface area contributed by atoms with Crippen molar-refractivity contribution >= 4 is 23.0 Å². The van der Waals surface area contributed by atoms with Crippen LogP contribution in [0.15, 0.2) is 66.7 Å². The molecule has 0 saturated heterocycles. The van der Waals surface area contributed by atoms with Crippen LogP contribution in [0.25, 0.3) is 22.2 Å². The van der Waals surface area contributed by atoms with E-state index in [1.807, 2.05) is 90.1 Å². The van der Waals surface area contributed by atoms with Crippen LogP contribution in [0.5, 0.6) is 0 Å². The summed E-state index contributed by atoms with van der Waals surface area (Å²) < 4.78 is 19.3. The number of carbonyl (C=O) groups excluding carboxylic acids is 2. The molecule has 1 atom stereocenters. The van der Waals surface area contributed by atoms with Crippen LogP contribution in [-0.4, -0.2) is 35.4 Å². The quantitative estimate of drug-likeness (QED) is 0.184. The minimum Gasteiger partial charge on any atom is -0.465 e. The van der Waals surface area contributed by atoms with Gasteiger partial charge < -0.3 is 14.2 Å². The van der Waals surface area contributed by atoms with Crippen LogP contribution in [0, 0.1) is 13.8 Å². The Bertz CT molecular complexity index is 1590. The maximum atomic E-state index is 14.0. The second-order valence-electron chi connectivity index (χ2n) is 12.9. The molecule has 0 radical (unpaired) electrons. The van der Waals surface area contributed by atoms with Crippen molar-refractivity contribution in [2.45, 2.75) is 85.9 Å². The Labute approximate surface area is 256 Å². The summed E-state index contributed by atoms with van der Waals surface area (Å²) in [5.41, 5.74) is 5.92. The molecule has 0 aliphatic rings. The number of hydrogen-bond donors (Lipinski definition) is 0. The predicted molar refractivity (Wildman–Crippen MR) is 173 cm³/mol. The molecule has 6 nitrogen and oxygen atoms in total. The van der Waals surface area contributed by atoms with E-state index in [4.69, 9.17) is 14.2 Å². The van der Waals surface area contributed by atoms with Crippen LogP contribution >= 0.6 is 0 Å². The fraction of sp³-hybridized carbons (Fsp3) is 0.405. The van der Waals surface area contributed by atoms with E-state index in [1.54, 1.807) is 4.57 Å². The summed E-state index contributed by atoms with van der Waals surface area (Å²) in [4.78, 5) is 27.0. The molecular formula is C37H45NO5. The van der Waals surface area contributed by atoms with Crippen LogP contribution in [0.4, 0.5) is 4.79 Å². The molecule has 1 unspecified atom stereocenters. The second-order valence-corrected chi connectivity index (χ2v) is 12.9. The number of aromatic nitrogens is 1. The number of carbonyl (C=O) groups is 2. The van der Waals surface area contributed by atoms with Crippen molar-refractivity contribution < 1.29 is 23.8 Å². The van der Waals surface area contributed by atoms with E-state index >= 15 is 0 Å². The molecule has 1 heterocycles. The lowest BCUT2D eigenvalue weighted by Gasteiger charge is -2.23. The molecule has 4 rings (SSSR count). The summed E-state index contributed by atoms with van der Waals surface area (Å²) in [5.74, 6) is -0.386. The van der Waals surface area contributed by atoms with Gasteiger partial charge in [-0.05, 0) is 102 Å². The van der Waals surface area contributed by atoms with Gasteiger partial charge in [-0.2, -0.15) is 0 Å². The number of ether oxygens (including phenoxy) is 3. The van der Waals surface area contributed by atoms with Gasteiger partial charge in [0.2, 0.25) is 0 Å². The Hall–Kier alpha value is -3.90. The van der Waals surface area contributed by atoms with E-state index in [9.17, 15) is 9.59 Å². The molecule has 0 spiro atoms. The fourth-order valence-electron chi connectivity index (χ4n) is 5.54. The predicted octanol–water partition coefficient (Wildman–Crippen LogP) is 8.87. The molecule has 228 valence electrons. The third-order valence-corrected chi connectivity index (χ3v) is 7.56. The van der Waals surface area contributed by atoms with Crippen LogP contribution in [0.2, 0.25) is 0 Å². The Balaban J connectivity index is 1.97. The molecule has 0 aliphatic heterocycles. The van der Waals surface area contributed by atoms with Gasteiger partial charge in [-0.15, -0.1) is 0 Å². The number of fused-ring (bicyclic) bond motifs is 1. The topological polar surface area (TPSA) is 66.8 Å². The Morgan fingerprint density at radius 3 is 2.14 bits per heavy atom. The molecule has 0 N–H and O–H groups in total. The Morgan fingerprint density at radius 1 is 0.884 bits per heavy atom. The zero-order chi connectivity index (χ0) is 31.5. The first kappa shape index (κ1) is 32.0. The maximum Gasteiger partial charge on any atom is 0.419 e. The summed E-state index contributed by atoms with van der Waals surface area (Å²) >= 11 is 0. The van der Waals surface area contributed by atoms with Crippen molar-refractivity contribution in [3.63, 3.8) is 0 Å². The van der Waals surface area contributed by atoms with E-state index < -0.39 is 17.1 Å². The van der Waals surface area contributed by atoms with E-state index in [1.165, 1.54) is 0 Å². The van der Waals surface area contributed by atoms with E-state index in [0.717, 1.165) is 50.0 Å². The molecule has 3 aromatic carbocycles. The number of nitrogens with zero attached hydrogens (tertiary/aromatic N) is 1. The summed E-state index contributed by atoms with van der Waals surface area (Å²) in [5, 5.41) is 0.880. The van der Waals surface area contributed by atoms with Crippen molar-refractivity contribution in [2.24, 2.45) is 0 Å². The summed E-state index contributed by atoms with van der Waals surface area (Å²) in [7, 11) is 0. The van der Waals surface area contributed by atoms with Crippen LogP contribution in [0.3, 0.4) is 0 Å². The van der Waals surface area contributed by atoms with Crippen LogP contribution < -0.4 is 0 Å².